The van der Waals surface area contributed by atoms with Gasteiger partial charge in [-0.1, -0.05) is 95.7 Å². The Morgan fingerprint density at radius 3 is 1.67 bits per heavy atom. The van der Waals surface area contributed by atoms with Crippen LogP contribution in [0.5, 0.6) is 0 Å². The van der Waals surface area contributed by atoms with Gasteiger partial charge in [-0.15, -0.1) is 0 Å². The minimum absolute atomic E-state index is 0.182. The number of rotatable bonds is 15. The Labute approximate surface area is 184 Å². The molecule has 2 heteroatoms. The van der Waals surface area contributed by atoms with Crippen LogP contribution in [-0.2, 0) is 0 Å². The molecule has 0 radical (unpaired) electrons. The number of hydrogen-bond donors (Lipinski definition) is 0. The molecule has 0 saturated carbocycles. The highest BCUT2D eigenvalue weighted by molar-refractivity contribution is 5.63. The molecule has 1 unspecified atom stereocenters. The zero-order chi connectivity index (χ0) is 21.6. The lowest BCUT2D eigenvalue weighted by atomic mass is 9.95. The van der Waals surface area contributed by atoms with Crippen LogP contribution in [0, 0.1) is 5.82 Å². The Morgan fingerprint density at radius 1 is 0.667 bits per heavy atom. The molecule has 0 heterocycles. The summed E-state index contributed by atoms with van der Waals surface area (Å²) in [5, 5.41) is 0. The molecule has 30 heavy (non-hydrogen) atoms. The summed E-state index contributed by atoms with van der Waals surface area (Å²) in [6.45, 7) is 10.6. The van der Waals surface area contributed by atoms with Crippen LogP contribution in [0.15, 0.2) is 48.5 Å². The molecule has 0 aliphatic heterocycles. The second kappa shape index (κ2) is 14.4. The molecule has 2 aromatic rings. The quantitative estimate of drug-likeness (QED) is 0.266. The smallest absolute Gasteiger partial charge is 0.123 e. The first-order valence-electron chi connectivity index (χ1n) is 12.2. The first kappa shape index (κ1) is 24.6. The van der Waals surface area contributed by atoms with Crippen LogP contribution < -0.4 is 0 Å². The van der Waals surface area contributed by atoms with Crippen LogP contribution in [0.1, 0.15) is 90.0 Å². The van der Waals surface area contributed by atoms with Crippen LogP contribution >= 0.6 is 0 Å². The van der Waals surface area contributed by atoms with Crippen LogP contribution in [0.3, 0.4) is 0 Å². The summed E-state index contributed by atoms with van der Waals surface area (Å²) in [5.74, 6) is 0.374. The van der Waals surface area contributed by atoms with Crippen LogP contribution in [0.4, 0.5) is 4.39 Å². The molecule has 2 rings (SSSR count). The lowest BCUT2D eigenvalue weighted by Gasteiger charge is -2.24. The second-order valence-electron chi connectivity index (χ2n) is 8.78. The molecule has 1 atom stereocenters. The van der Waals surface area contributed by atoms with E-state index in [2.05, 4.69) is 49.9 Å². The zero-order valence-electron chi connectivity index (χ0n) is 19.5. The number of unbranched alkanes of at least 4 members (excludes halogenated alkanes) is 6. The van der Waals surface area contributed by atoms with Gasteiger partial charge < -0.3 is 4.90 Å². The number of hydrogen-bond acceptors (Lipinski definition) is 1. The third-order valence-corrected chi connectivity index (χ3v) is 6.19. The highest BCUT2D eigenvalue weighted by atomic mass is 19.1. The molecule has 0 spiro atoms. The molecule has 0 aliphatic carbocycles. The maximum Gasteiger partial charge on any atom is 0.123 e. The van der Waals surface area contributed by atoms with Crippen LogP contribution in [-0.4, -0.2) is 24.5 Å². The maximum absolute atomic E-state index is 13.2. The van der Waals surface area contributed by atoms with Crippen molar-refractivity contribution in [2.45, 2.75) is 84.5 Å². The van der Waals surface area contributed by atoms with Gasteiger partial charge in [0, 0.05) is 0 Å². The summed E-state index contributed by atoms with van der Waals surface area (Å²) in [6.07, 6.45) is 11.9. The second-order valence-corrected chi connectivity index (χ2v) is 8.78. The van der Waals surface area contributed by atoms with Crippen molar-refractivity contribution in [3.63, 3.8) is 0 Å². The molecule has 1 nitrogen and oxygen atoms in total. The van der Waals surface area contributed by atoms with E-state index in [0.29, 0.717) is 5.92 Å². The van der Waals surface area contributed by atoms with Crippen molar-refractivity contribution >= 4 is 0 Å². The molecular formula is C28H42FN. The highest BCUT2D eigenvalue weighted by Gasteiger charge is 2.10. The third-order valence-electron chi connectivity index (χ3n) is 6.19. The molecule has 0 saturated heterocycles. The van der Waals surface area contributed by atoms with Gasteiger partial charge in [0.15, 0.2) is 0 Å². The van der Waals surface area contributed by atoms with Crippen molar-refractivity contribution in [2.24, 2.45) is 0 Å². The van der Waals surface area contributed by atoms with Gasteiger partial charge in [-0.2, -0.15) is 0 Å². The predicted molar refractivity (Wildman–Crippen MR) is 130 cm³/mol. The van der Waals surface area contributed by atoms with E-state index in [-0.39, 0.29) is 5.82 Å². The Hall–Kier alpha value is -1.67. The number of benzene rings is 2. The number of nitrogens with zero attached hydrogens (tertiary/aromatic N) is 1. The lowest BCUT2D eigenvalue weighted by molar-refractivity contribution is 0.252. The van der Waals surface area contributed by atoms with E-state index in [0.717, 1.165) is 11.1 Å². The number of halogens is 1. The fourth-order valence-electron chi connectivity index (χ4n) is 4.05. The zero-order valence-corrected chi connectivity index (χ0v) is 19.5. The van der Waals surface area contributed by atoms with Crippen LogP contribution in [0.25, 0.3) is 11.1 Å². The Morgan fingerprint density at radius 2 is 1.17 bits per heavy atom. The van der Waals surface area contributed by atoms with E-state index < -0.39 is 0 Å². The molecule has 0 aromatic heterocycles. The topological polar surface area (TPSA) is 3.24 Å². The van der Waals surface area contributed by atoms with Gasteiger partial charge >= 0.3 is 0 Å². The molecule has 0 bridgehead atoms. The van der Waals surface area contributed by atoms with Gasteiger partial charge in [0.05, 0.1) is 0 Å². The van der Waals surface area contributed by atoms with Crippen molar-refractivity contribution < 1.29 is 4.39 Å². The summed E-state index contributed by atoms with van der Waals surface area (Å²) in [5.41, 5.74) is 3.62. The third kappa shape index (κ3) is 9.00. The predicted octanol–water partition coefficient (Wildman–Crippen LogP) is 8.45. The van der Waals surface area contributed by atoms with Gasteiger partial charge in [-0.3, -0.25) is 0 Å². The van der Waals surface area contributed by atoms with Gasteiger partial charge in [0.2, 0.25) is 0 Å². The molecule has 0 aliphatic rings. The first-order chi connectivity index (χ1) is 14.6. The van der Waals surface area contributed by atoms with Crippen LogP contribution in [0.2, 0.25) is 0 Å². The van der Waals surface area contributed by atoms with E-state index >= 15 is 0 Å². The fourth-order valence-corrected chi connectivity index (χ4v) is 4.05. The summed E-state index contributed by atoms with van der Waals surface area (Å²) in [4.78, 5) is 2.70. The molecule has 0 amide bonds. The molecule has 0 fully saturated rings. The van der Waals surface area contributed by atoms with E-state index in [1.165, 1.54) is 95.1 Å². The molecular weight excluding hydrogens is 369 g/mol. The SMILES string of the molecule is CCCCCCN(CCCCCC)CCC(C)c1ccc(-c2ccc(F)cc2)cc1. The summed E-state index contributed by atoms with van der Waals surface area (Å²) in [7, 11) is 0. The highest BCUT2D eigenvalue weighted by Crippen LogP contribution is 2.25. The van der Waals surface area contributed by atoms with Crippen molar-refractivity contribution in [1.82, 2.24) is 4.90 Å². The lowest BCUT2D eigenvalue weighted by Crippen LogP contribution is -2.28. The average Bonchev–Trinajstić information content (AvgIpc) is 2.77. The van der Waals surface area contributed by atoms with Crippen molar-refractivity contribution in [3.8, 4) is 11.1 Å². The maximum atomic E-state index is 13.2. The average molecular weight is 412 g/mol. The van der Waals surface area contributed by atoms with E-state index in [1.807, 2.05) is 12.1 Å². The van der Waals surface area contributed by atoms with Gasteiger partial charge in [0.1, 0.15) is 5.82 Å². The van der Waals surface area contributed by atoms with E-state index in [9.17, 15) is 4.39 Å². The minimum Gasteiger partial charge on any atom is -0.303 e. The molecule has 0 N–H and O–H groups in total. The van der Waals surface area contributed by atoms with Crippen molar-refractivity contribution in [3.05, 3.63) is 59.9 Å². The normalized spacial score (nSPS) is 12.4. The van der Waals surface area contributed by atoms with Gasteiger partial charge in [-0.05, 0) is 73.6 Å². The Bertz CT molecular complexity index is 665. The first-order valence-corrected chi connectivity index (χ1v) is 12.2. The standard InChI is InChI=1S/C28H42FN/c1-4-6-8-10-21-30(22-11-9-7-5-2)23-20-24(3)25-12-14-26(15-13-25)27-16-18-28(29)19-17-27/h12-19,24H,4-11,20-23H2,1-3H3. The monoisotopic (exact) mass is 411 g/mol. The summed E-state index contributed by atoms with van der Waals surface area (Å²) < 4.78 is 13.2. The molecule has 2 aromatic carbocycles. The summed E-state index contributed by atoms with van der Waals surface area (Å²) in [6, 6.07) is 15.6. The van der Waals surface area contributed by atoms with E-state index in [4.69, 9.17) is 0 Å². The fraction of sp³-hybridized carbons (Fsp3) is 0.571. The Kier molecular flexibility index (Phi) is 11.8. The van der Waals surface area contributed by atoms with E-state index in [1.54, 1.807) is 0 Å². The largest absolute Gasteiger partial charge is 0.303 e. The van der Waals surface area contributed by atoms with Gasteiger partial charge in [0.25, 0.3) is 0 Å². The van der Waals surface area contributed by atoms with Crippen molar-refractivity contribution in [1.29, 1.82) is 0 Å². The van der Waals surface area contributed by atoms with Crippen molar-refractivity contribution in [2.75, 3.05) is 19.6 Å². The summed E-state index contributed by atoms with van der Waals surface area (Å²) >= 11 is 0. The minimum atomic E-state index is -0.182. The van der Waals surface area contributed by atoms with Gasteiger partial charge in [-0.25, -0.2) is 4.39 Å². The molecule has 166 valence electrons. The Balaban J connectivity index is 1.85.